The summed E-state index contributed by atoms with van der Waals surface area (Å²) in [5.41, 5.74) is 0.763. The Morgan fingerprint density at radius 1 is 1.00 bits per heavy atom. The Balaban J connectivity index is 1.87. The van der Waals surface area contributed by atoms with E-state index in [0.717, 1.165) is 18.4 Å². The quantitative estimate of drug-likeness (QED) is 0.763. The molecule has 2 aliphatic rings. The molecule has 1 aromatic rings. The largest absolute Gasteiger partial charge is 0.300 e. The Morgan fingerprint density at radius 3 is 2.22 bits per heavy atom. The van der Waals surface area contributed by atoms with Gasteiger partial charge in [0.1, 0.15) is 5.78 Å². The third kappa shape index (κ3) is 1.63. The molecule has 0 unspecified atom stereocenters. The van der Waals surface area contributed by atoms with E-state index in [0.29, 0.717) is 11.8 Å². The second-order valence-electron chi connectivity index (χ2n) is 5.65. The third-order valence-corrected chi connectivity index (χ3v) is 4.76. The van der Waals surface area contributed by atoms with Crippen LogP contribution < -0.4 is 0 Å². The Morgan fingerprint density at radius 2 is 1.61 bits per heavy atom. The molecule has 0 N–H and O–H groups in total. The van der Waals surface area contributed by atoms with Gasteiger partial charge in [0.05, 0.1) is 0 Å². The summed E-state index contributed by atoms with van der Waals surface area (Å²) in [6.45, 7) is 1.64. The molecule has 0 amide bonds. The van der Waals surface area contributed by atoms with Crippen LogP contribution in [0.2, 0.25) is 0 Å². The number of benzene rings is 1. The molecular weight excluding hydrogens is 224 g/mol. The molecule has 0 radical (unpaired) electrons. The first-order valence-electron chi connectivity index (χ1n) is 6.80. The molecule has 0 saturated heterocycles. The molecule has 4 atom stereocenters. The fraction of sp³-hybridized carbons (Fsp3) is 0.500. The van der Waals surface area contributed by atoms with Gasteiger partial charge >= 0.3 is 0 Å². The van der Waals surface area contributed by atoms with Gasteiger partial charge in [-0.1, -0.05) is 36.8 Å². The summed E-state index contributed by atoms with van der Waals surface area (Å²) in [6, 6.07) is 9.42. The predicted octanol–water partition coefficient (Wildman–Crippen LogP) is 3.12. The molecule has 2 aliphatic carbocycles. The van der Waals surface area contributed by atoms with Crippen molar-refractivity contribution in [2.45, 2.75) is 26.2 Å². The van der Waals surface area contributed by atoms with Crippen molar-refractivity contribution in [2.24, 2.45) is 23.7 Å². The number of Topliss-reactive ketones (excluding diaryl/α,β-unsaturated/α-hetero) is 2. The van der Waals surface area contributed by atoms with Crippen LogP contribution in [0, 0.1) is 23.7 Å². The second-order valence-corrected chi connectivity index (χ2v) is 5.65. The first kappa shape index (κ1) is 11.6. The first-order chi connectivity index (χ1) is 8.70. The Bertz CT molecular complexity index is 477. The molecule has 2 fully saturated rings. The molecule has 0 spiro atoms. The molecule has 2 saturated carbocycles. The van der Waals surface area contributed by atoms with E-state index in [-0.39, 0.29) is 23.4 Å². The van der Waals surface area contributed by atoms with Crippen LogP contribution >= 0.6 is 0 Å². The maximum Gasteiger partial charge on any atom is 0.166 e. The zero-order valence-electron chi connectivity index (χ0n) is 10.6. The highest BCUT2D eigenvalue weighted by molar-refractivity contribution is 6.02. The number of carbonyl (C=O) groups excluding carboxylic acids is 2. The summed E-state index contributed by atoms with van der Waals surface area (Å²) in [4.78, 5) is 24.3. The van der Waals surface area contributed by atoms with Crippen molar-refractivity contribution in [3.63, 3.8) is 0 Å². The Hall–Kier alpha value is -1.44. The van der Waals surface area contributed by atoms with E-state index in [1.165, 1.54) is 6.42 Å². The van der Waals surface area contributed by atoms with E-state index < -0.39 is 0 Å². The van der Waals surface area contributed by atoms with Crippen molar-refractivity contribution < 1.29 is 9.59 Å². The van der Waals surface area contributed by atoms with Gasteiger partial charge in [0, 0.05) is 17.4 Å². The minimum absolute atomic E-state index is 0.00907. The van der Waals surface area contributed by atoms with Gasteiger partial charge in [-0.05, 0) is 31.6 Å². The molecule has 0 aliphatic heterocycles. The van der Waals surface area contributed by atoms with Gasteiger partial charge in [0.2, 0.25) is 0 Å². The van der Waals surface area contributed by atoms with E-state index in [1.807, 2.05) is 30.3 Å². The number of ketones is 2. The molecule has 18 heavy (non-hydrogen) atoms. The lowest BCUT2D eigenvalue weighted by atomic mass is 9.55. The Kier molecular flexibility index (Phi) is 2.81. The van der Waals surface area contributed by atoms with Gasteiger partial charge in [-0.15, -0.1) is 0 Å². The third-order valence-electron chi connectivity index (χ3n) is 4.76. The number of fused-ring (bicyclic) bond motifs is 1. The molecule has 1 aromatic carbocycles. The lowest BCUT2D eigenvalue weighted by Gasteiger charge is -2.46. The molecule has 0 bridgehead atoms. The van der Waals surface area contributed by atoms with Gasteiger partial charge < -0.3 is 0 Å². The average Bonchev–Trinajstić information content (AvgIpc) is 2.73. The monoisotopic (exact) mass is 242 g/mol. The van der Waals surface area contributed by atoms with Gasteiger partial charge in [-0.2, -0.15) is 0 Å². The van der Waals surface area contributed by atoms with Crippen molar-refractivity contribution in [3.05, 3.63) is 35.9 Å². The van der Waals surface area contributed by atoms with Crippen LogP contribution in [-0.2, 0) is 4.79 Å². The lowest BCUT2D eigenvalue weighted by molar-refractivity contribution is -0.131. The minimum Gasteiger partial charge on any atom is -0.300 e. The smallest absolute Gasteiger partial charge is 0.166 e. The molecule has 2 nitrogen and oxygen atoms in total. The SMILES string of the molecule is CC(=O)[C@@H]1[C@H]2CCC[C@H]2[C@@H]1C(=O)c1ccccc1. The minimum atomic E-state index is -0.0441. The highest BCUT2D eigenvalue weighted by Crippen LogP contribution is 2.56. The van der Waals surface area contributed by atoms with Crippen molar-refractivity contribution in [3.8, 4) is 0 Å². The van der Waals surface area contributed by atoms with Gasteiger partial charge in [0.15, 0.2) is 5.78 Å². The topological polar surface area (TPSA) is 34.1 Å². The normalized spacial score (nSPS) is 33.6. The van der Waals surface area contributed by atoms with Crippen LogP contribution in [0.5, 0.6) is 0 Å². The van der Waals surface area contributed by atoms with Crippen molar-refractivity contribution >= 4 is 11.6 Å². The van der Waals surface area contributed by atoms with E-state index in [4.69, 9.17) is 0 Å². The highest BCUT2D eigenvalue weighted by Gasteiger charge is 2.56. The van der Waals surface area contributed by atoms with E-state index in [9.17, 15) is 9.59 Å². The number of hydrogen-bond acceptors (Lipinski definition) is 2. The van der Waals surface area contributed by atoms with Crippen molar-refractivity contribution in [1.82, 2.24) is 0 Å². The summed E-state index contributed by atoms with van der Waals surface area (Å²) in [7, 11) is 0. The van der Waals surface area contributed by atoms with Crippen molar-refractivity contribution in [2.75, 3.05) is 0 Å². The average molecular weight is 242 g/mol. The first-order valence-corrected chi connectivity index (χ1v) is 6.80. The summed E-state index contributed by atoms with van der Waals surface area (Å²) in [6.07, 6.45) is 3.43. The molecule has 2 heteroatoms. The summed E-state index contributed by atoms with van der Waals surface area (Å²) >= 11 is 0. The van der Waals surface area contributed by atoms with Crippen LogP contribution in [0.25, 0.3) is 0 Å². The van der Waals surface area contributed by atoms with E-state index >= 15 is 0 Å². The van der Waals surface area contributed by atoms with Crippen LogP contribution in [-0.4, -0.2) is 11.6 Å². The maximum absolute atomic E-state index is 12.5. The highest BCUT2D eigenvalue weighted by atomic mass is 16.1. The summed E-state index contributed by atoms with van der Waals surface area (Å²) < 4.78 is 0. The van der Waals surface area contributed by atoms with Gasteiger partial charge in [0.25, 0.3) is 0 Å². The molecule has 0 heterocycles. The van der Waals surface area contributed by atoms with E-state index in [1.54, 1.807) is 6.92 Å². The fourth-order valence-corrected chi connectivity index (χ4v) is 4.00. The molecule has 0 aromatic heterocycles. The summed E-state index contributed by atoms with van der Waals surface area (Å²) in [5, 5.41) is 0. The van der Waals surface area contributed by atoms with Crippen LogP contribution in [0.4, 0.5) is 0 Å². The van der Waals surface area contributed by atoms with E-state index in [2.05, 4.69) is 0 Å². The zero-order chi connectivity index (χ0) is 12.7. The number of rotatable bonds is 3. The standard InChI is InChI=1S/C16H18O2/c1-10(17)14-12-8-5-9-13(12)15(14)16(18)11-6-3-2-4-7-11/h2-4,6-7,12-15H,5,8-9H2,1H3/t12-,13+,14+,15-/m0/s1. The lowest BCUT2D eigenvalue weighted by Crippen LogP contribution is -2.51. The molecule has 3 rings (SSSR count). The second kappa shape index (κ2) is 4.34. The van der Waals surface area contributed by atoms with Crippen LogP contribution in [0.15, 0.2) is 30.3 Å². The van der Waals surface area contributed by atoms with Crippen LogP contribution in [0.3, 0.4) is 0 Å². The van der Waals surface area contributed by atoms with Gasteiger partial charge in [-0.25, -0.2) is 0 Å². The summed E-state index contributed by atoms with van der Waals surface area (Å²) in [5.74, 6) is 1.28. The Labute approximate surface area is 107 Å². The number of carbonyl (C=O) groups is 2. The number of hydrogen-bond donors (Lipinski definition) is 0. The maximum atomic E-state index is 12.5. The fourth-order valence-electron chi connectivity index (χ4n) is 4.00. The van der Waals surface area contributed by atoms with Crippen molar-refractivity contribution in [1.29, 1.82) is 0 Å². The van der Waals surface area contributed by atoms with Crippen LogP contribution in [0.1, 0.15) is 36.5 Å². The molecular formula is C16H18O2. The molecule has 94 valence electrons. The predicted molar refractivity (Wildman–Crippen MR) is 69.3 cm³/mol. The zero-order valence-corrected chi connectivity index (χ0v) is 10.6. The van der Waals surface area contributed by atoms with Gasteiger partial charge in [-0.3, -0.25) is 9.59 Å².